The standard InChI is InChI=1S/C14H11Br2N5/c1-8-10(15)3-2-4-13(8)21-14(18-19-20-21)9-5-6-11(16)12(17)7-9/h2-7H,17H2,1H3. The van der Waals surface area contributed by atoms with Crippen molar-refractivity contribution in [1.82, 2.24) is 20.2 Å². The molecule has 0 radical (unpaired) electrons. The van der Waals surface area contributed by atoms with Crippen LogP contribution in [0.5, 0.6) is 0 Å². The molecule has 5 nitrogen and oxygen atoms in total. The Hall–Kier alpha value is -1.73. The van der Waals surface area contributed by atoms with Gasteiger partial charge in [0.25, 0.3) is 0 Å². The fraction of sp³-hybridized carbons (Fsp3) is 0.0714. The maximum atomic E-state index is 5.94. The summed E-state index contributed by atoms with van der Waals surface area (Å²) in [6.45, 7) is 2.01. The molecule has 0 atom stereocenters. The van der Waals surface area contributed by atoms with Crippen molar-refractivity contribution < 1.29 is 0 Å². The molecule has 1 heterocycles. The van der Waals surface area contributed by atoms with Crippen LogP contribution in [0.1, 0.15) is 5.56 Å². The van der Waals surface area contributed by atoms with Gasteiger partial charge in [-0.25, -0.2) is 0 Å². The Bertz CT molecular complexity index is 813. The van der Waals surface area contributed by atoms with E-state index in [4.69, 9.17) is 5.73 Å². The first-order chi connectivity index (χ1) is 10.1. The molecule has 3 rings (SSSR count). The van der Waals surface area contributed by atoms with Crippen LogP contribution in [0.25, 0.3) is 17.1 Å². The maximum absolute atomic E-state index is 5.94. The maximum Gasteiger partial charge on any atom is 0.187 e. The third-order valence-corrected chi connectivity index (χ3v) is 4.77. The monoisotopic (exact) mass is 407 g/mol. The first-order valence-electron chi connectivity index (χ1n) is 6.17. The second kappa shape index (κ2) is 5.57. The lowest BCUT2D eigenvalue weighted by Crippen LogP contribution is -2.02. The smallest absolute Gasteiger partial charge is 0.187 e. The van der Waals surface area contributed by atoms with Gasteiger partial charge in [0.15, 0.2) is 5.82 Å². The number of nitrogen functional groups attached to an aromatic ring is 1. The number of hydrogen-bond donors (Lipinski definition) is 1. The van der Waals surface area contributed by atoms with Crippen molar-refractivity contribution in [2.45, 2.75) is 6.92 Å². The van der Waals surface area contributed by atoms with Gasteiger partial charge in [0.1, 0.15) is 0 Å². The molecule has 2 aromatic carbocycles. The molecule has 0 fully saturated rings. The van der Waals surface area contributed by atoms with Crippen molar-refractivity contribution in [3.05, 3.63) is 50.9 Å². The highest BCUT2D eigenvalue weighted by Crippen LogP contribution is 2.28. The average Bonchev–Trinajstić information content (AvgIpc) is 2.94. The van der Waals surface area contributed by atoms with E-state index in [9.17, 15) is 0 Å². The normalized spacial score (nSPS) is 10.8. The molecule has 0 saturated carbocycles. The summed E-state index contributed by atoms with van der Waals surface area (Å²) in [6.07, 6.45) is 0. The number of tetrazole rings is 1. The number of hydrogen-bond acceptors (Lipinski definition) is 4. The lowest BCUT2D eigenvalue weighted by atomic mass is 10.1. The fourth-order valence-corrected chi connectivity index (χ4v) is 2.64. The Morgan fingerprint density at radius 2 is 1.90 bits per heavy atom. The van der Waals surface area contributed by atoms with Gasteiger partial charge >= 0.3 is 0 Å². The third-order valence-electron chi connectivity index (χ3n) is 3.19. The number of nitrogens with two attached hydrogens (primary N) is 1. The zero-order valence-corrected chi connectivity index (χ0v) is 14.3. The van der Waals surface area contributed by atoms with Crippen LogP contribution in [0.4, 0.5) is 5.69 Å². The lowest BCUT2D eigenvalue weighted by Gasteiger charge is -2.09. The SMILES string of the molecule is Cc1c(Br)cccc1-n1nnnc1-c1ccc(Br)c(N)c1. The van der Waals surface area contributed by atoms with Crippen molar-refractivity contribution in [3.63, 3.8) is 0 Å². The lowest BCUT2D eigenvalue weighted by molar-refractivity contribution is 0.787. The Balaban J connectivity index is 2.17. The van der Waals surface area contributed by atoms with E-state index in [-0.39, 0.29) is 0 Å². The molecule has 7 heteroatoms. The van der Waals surface area contributed by atoms with Gasteiger partial charge in [-0.15, -0.1) is 5.10 Å². The number of rotatable bonds is 2. The number of benzene rings is 2. The molecular formula is C14H11Br2N5. The van der Waals surface area contributed by atoms with Gasteiger partial charge in [-0.2, -0.15) is 4.68 Å². The third kappa shape index (κ3) is 2.58. The van der Waals surface area contributed by atoms with Gasteiger partial charge in [-0.3, -0.25) is 0 Å². The largest absolute Gasteiger partial charge is 0.398 e. The molecule has 0 aliphatic rings. The summed E-state index contributed by atoms with van der Waals surface area (Å²) in [5.41, 5.74) is 9.43. The van der Waals surface area contributed by atoms with Crippen molar-refractivity contribution >= 4 is 37.5 Å². The number of anilines is 1. The predicted octanol–water partition coefficient (Wildman–Crippen LogP) is 3.74. The molecule has 0 spiro atoms. The van der Waals surface area contributed by atoms with Gasteiger partial charge in [0, 0.05) is 20.2 Å². The highest BCUT2D eigenvalue weighted by Gasteiger charge is 2.14. The Morgan fingerprint density at radius 3 is 2.67 bits per heavy atom. The second-order valence-electron chi connectivity index (χ2n) is 4.53. The van der Waals surface area contributed by atoms with Crippen LogP contribution >= 0.6 is 31.9 Å². The Morgan fingerprint density at radius 1 is 1.10 bits per heavy atom. The van der Waals surface area contributed by atoms with Crippen molar-refractivity contribution in [1.29, 1.82) is 0 Å². The van der Waals surface area contributed by atoms with Crippen LogP contribution in [0.3, 0.4) is 0 Å². The van der Waals surface area contributed by atoms with Gasteiger partial charge in [0.05, 0.1) is 5.69 Å². The summed E-state index contributed by atoms with van der Waals surface area (Å²) in [5, 5.41) is 12.0. The fourth-order valence-electron chi connectivity index (χ4n) is 2.04. The predicted molar refractivity (Wildman–Crippen MR) is 89.1 cm³/mol. The molecule has 0 bridgehead atoms. The number of aromatic nitrogens is 4. The van der Waals surface area contributed by atoms with Crippen molar-refractivity contribution in [2.75, 3.05) is 5.73 Å². The second-order valence-corrected chi connectivity index (χ2v) is 6.24. The van der Waals surface area contributed by atoms with E-state index in [1.165, 1.54) is 0 Å². The van der Waals surface area contributed by atoms with Gasteiger partial charge in [-0.05, 0) is 69.2 Å². The van der Waals surface area contributed by atoms with Gasteiger partial charge < -0.3 is 5.73 Å². The van der Waals surface area contributed by atoms with Gasteiger partial charge in [-0.1, -0.05) is 22.0 Å². The molecular weight excluding hydrogens is 398 g/mol. The van der Waals surface area contributed by atoms with Crippen LogP contribution in [-0.2, 0) is 0 Å². The molecule has 21 heavy (non-hydrogen) atoms. The Kier molecular flexibility index (Phi) is 3.77. The van der Waals surface area contributed by atoms with E-state index in [0.717, 1.165) is 25.8 Å². The summed E-state index contributed by atoms with van der Waals surface area (Å²) in [5.74, 6) is 0.649. The highest BCUT2D eigenvalue weighted by atomic mass is 79.9. The summed E-state index contributed by atoms with van der Waals surface area (Å²) in [7, 11) is 0. The van der Waals surface area contributed by atoms with Gasteiger partial charge in [0.2, 0.25) is 0 Å². The summed E-state index contributed by atoms with van der Waals surface area (Å²) in [6, 6.07) is 11.6. The first-order valence-corrected chi connectivity index (χ1v) is 7.76. The molecule has 3 aromatic rings. The topological polar surface area (TPSA) is 69.6 Å². The van der Waals surface area contributed by atoms with Crippen LogP contribution in [0.2, 0.25) is 0 Å². The molecule has 106 valence electrons. The van der Waals surface area contributed by atoms with E-state index < -0.39 is 0 Å². The highest BCUT2D eigenvalue weighted by molar-refractivity contribution is 9.10. The van der Waals surface area contributed by atoms with E-state index in [1.54, 1.807) is 4.68 Å². The molecule has 2 N–H and O–H groups in total. The Labute approximate surface area is 138 Å². The first kappa shape index (κ1) is 14.2. The molecule has 0 unspecified atom stereocenters. The number of halogens is 2. The summed E-state index contributed by atoms with van der Waals surface area (Å²) >= 11 is 6.91. The minimum absolute atomic E-state index is 0.646. The average molecular weight is 409 g/mol. The zero-order valence-electron chi connectivity index (χ0n) is 11.1. The van der Waals surface area contributed by atoms with Crippen molar-refractivity contribution in [3.8, 4) is 17.1 Å². The molecule has 0 amide bonds. The minimum Gasteiger partial charge on any atom is -0.398 e. The summed E-state index contributed by atoms with van der Waals surface area (Å²) in [4.78, 5) is 0. The van der Waals surface area contributed by atoms with E-state index >= 15 is 0 Å². The van der Waals surface area contributed by atoms with Crippen LogP contribution in [0.15, 0.2) is 45.3 Å². The van der Waals surface area contributed by atoms with E-state index in [1.807, 2.05) is 43.3 Å². The number of nitrogens with zero attached hydrogens (tertiary/aromatic N) is 4. The molecule has 1 aromatic heterocycles. The van der Waals surface area contributed by atoms with E-state index in [2.05, 4.69) is 47.4 Å². The van der Waals surface area contributed by atoms with Crippen LogP contribution in [-0.4, -0.2) is 20.2 Å². The van der Waals surface area contributed by atoms with E-state index in [0.29, 0.717) is 11.5 Å². The van der Waals surface area contributed by atoms with Crippen LogP contribution < -0.4 is 5.73 Å². The van der Waals surface area contributed by atoms with Crippen LogP contribution in [0, 0.1) is 6.92 Å². The zero-order chi connectivity index (χ0) is 15.0. The molecule has 0 aliphatic heterocycles. The minimum atomic E-state index is 0.646. The summed E-state index contributed by atoms with van der Waals surface area (Å²) < 4.78 is 3.57. The molecule has 0 aliphatic carbocycles. The quantitative estimate of drug-likeness (QED) is 0.655. The van der Waals surface area contributed by atoms with Crippen molar-refractivity contribution in [2.24, 2.45) is 0 Å². The molecule has 0 saturated heterocycles.